The van der Waals surface area contributed by atoms with Crippen LogP contribution < -0.4 is 15.0 Å². The molecule has 190 valence electrons. The number of phenolic OH excluding ortho intramolecular Hbond substituents is 1. The van der Waals surface area contributed by atoms with E-state index in [1.165, 1.54) is 24.6 Å². The molecule has 36 heavy (non-hydrogen) atoms. The fourth-order valence-electron chi connectivity index (χ4n) is 5.11. The van der Waals surface area contributed by atoms with Crippen LogP contribution in [-0.4, -0.2) is 76.9 Å². The van der Waals surface area contributed by atoms with Crippen LogP contribution in [0.15, 0.2) is 24.3 Å². The van der Waals surface area contributed by atoms with Crippen LogP contribution in [0.1, 0.15) is 26.2 Å². The first-order valence-electron chi connectivity index (χ1n) is 12.6. The van der Waals surface area contributed by atoms with Crippen LogP contribution in [0.3, 0.4) is 0 Å². The summed E-state index contributed by atoms with van der Waals surface area (Å²) >= 11 is 0. The van der Waals surface area contributed by atoms with Gasteiger partial charge in [0.25, 0.3) is 0 Å². The second kappa shape index (κ2) is 9.08. The molecule has 6 rings (SSSR count). The number of anilines is 1. The summed E-state index contributed by atoms with van der Waals surface area (Å²) in [4.78, 5) is 18.2. The Morgan fingerprint density at radius 3 is 2.67 bits per heavy atom. The van der Waals surface area contributed by atoms with Gasteiger partial charge >= 0.3 is 6.01 Å². The molecule has 1 aromatic carbocycles. The van der Waals surface area contributed by atoms with E-state index in [1.54, 1.807) is 0 Å². The Morgan fingerprint density at radius 1 is 1.14 bits per heavy atom. The van der Waals surface area contributed by atoms with E-state index in [-0.39, 0.29) is 40.1 Å². The number of ether oxygens (including phenoxy) is 1. The van der Waals surface area contributed by atoms with Gasteiger partial charge in [-0.1, -0.05) is 6.07 Å². The molecule has 0 radical (unpaired) electrons. The molecule has 8 nitrogen and oxygen atoms in total. The van der Waals surface area contributed by atoms with Crippen molar-refractivity contribution in [2.45, 2.75) is 32.2 Å². The van der Waals surface area contributed by atoms with E-state index in [0.29, 0.717) is 24.4 Å². The highest BCUT2D eigenvalue weighted by atomic mass is 19.1. The van der Waals surface area contributed by atoms with Crippen LogP contribution in [0.25, 0.3) is 22.3 Å². The average Bonchev–Trinajstić information content (AvgIpc) is 3.60. The maximum atomic E-state index is 15.3. The molecule has 1 saturated carbocycles. The van der Waals surface area contributed by atoms with Crippen molar-refractivity contribution in [1.29, 1.82) is 0 Å². The van der Waals surface area contributed by atoms with Crippen molar-refractivity contribution >= 4 is 16.9 Å². The summed E-state index contributed by atoms with van der Waals surface area (Å²) in [5, 5.41) is 14.0. The molecule has 3 aromatic rings. The molecule has 4 heterocycles. The molecule has 2 aromatic heterocycles. The van der Waals surface area contributed by atoms with Crippen LogP contribution in [-0.2, 0) is 0 Å². The Labute approximate surface area is 208 Å². The predicted molar refractivity (Wildman–Crippen MR) is 132 cm³/mol. The van der Waals surface area contributed by atoms with Crippen molar-refractivity contribution in [3.8, 4) is 23.0 Å². The Balaban J connectivity index is 1.40. The number of fused-ring (bicyclic) bond motifs is 1. The van der Waals surface area contributed by atoms with Crippen molar-refractivity contribution < 1.29 is 18.6 Å². The zero-order chi connectivity index (χ0) is 24.9. The van der Waals surface area contributed by atoms with Gasteiger partial charge in [-0.25, -0.2) is 13.8 Å². The van der Waals surface area contributed by atoms with Gasteiger partial charge in [0.1, 0.15) is 23.1 Å². The molecule has 2 aliphatic heterocycles. The summed E-state index contributed by atoms with van der Waals surface area (Å²) < 4.78 is 36.0. The molecule has 0 spiro atoms. The molecular formula is C26H30F2N6O2. The number of nitrogens with one attached hydrogen (secondary N) is 1. The molecule has 0 amide bonds. The quantitative estimate of drug-likeness (QED) is 0.515. The second-order valence-corrected chi connectivity index (χ2v) is 10.3. The molecular weight excluding hydrogens is 466 g/mol. The Hall–Kier alpha value is -3.11. The van der Waals surface area contributed by atoms with Crippen molar-refractivity contribution in [3.63, 3.8) is 0 Å². The third kappa shape index (κ3) is 4.32. The normalized spacial score (nSPS) is 21.4. The number of aromatic hydroxyl groups is 1. The van der Waals surface area contributed by atoms with Crippen molar-refractivity contribution in [1.82, 2.24) is 25.2 Å². The maximum Gasteiger partial charge on any atom is 0.320 e. The van der Waals surface area contributed by atoms with Crippen LogP contribution in [0.2, 0.25) is 0 Å². The van der Waals surface area contributed by atoms with Gasteiger partial charge in [-0.3, -0.25) is 0 Å². The minimum Gasteiger partial charge on any atom is -0.507 e. The van der Waals surface area contributed by atoms with E-state index in [9.17, 15) is 9.50 Å². The lowest BCUT2D eigenvalue weighted by atomic mass is 10.1. The number of hydrogen-bond donors (Lipinski definition) is 2. The van der Waals surface area contributed by atoms with Crippen LogP contribution in [0, 0.1) is 17.0 Å². The SMILES string of the molecule is C[C@@H]1CNCCN1c1nc(OCC2(CN3CCC3)CC2)nc2nc(-c3c(O)cccc3F)c(F)cc12. The minimum absolute atomic E-state index is 0.115. The minimum atomic E-state index is -0.760. The first-order chi connectivity index (χ1) is 17.4. The molecule has 0 unspecified atom stereocenters. The van der Waals surface area contributed by atoms with Gasteiger partial charge < -0.3 is 25.0 Å². The fourth-order valence-corrected chi connectivity index (χ4v) is 5.11. The molecule has 3 aliphatic rings. The summed E-state index contributed by atoms with van der Waals surface area (Å²) in [6.07, 6.45) is 3.47. The topological polar surface area (TPSA) is 86.6 Å². The fraction of sp³-hybridized carbons (Fsp3) is 0.500. The first-order valence-corrected chi connectivity index (χ1v) is 12.6. The molecule has 0 bridgehead atoms. The Morgan fingerprint density at radius 2 is 1.97 bits per heavy atom. The van der Waals surface area contributed by atoms with Gasteiger partial charge in [0.05, 0.1) is 17.6 Å². The van der Waals surface area contributed by atoms with Crippen LogP contribution >= 0.6 is 0 Å². The lowest BCUT2D eigenvalue weighted by molar-refractivity contribution is 0.111. The molecule has 2 N–H and O–H groups in total. The van der Waals surface area contributed by atoms with E-state index >= 15 is 4.39 Å². The zero-order valence-corrected chi connectivity index (χ0v) is 20.3. The number of phenols is 1. The molecule has 10 heteroatoms. The van der Waals surface area contributed by atoms with E-state index in [0.717, 1.165) is 51.6 Å². The monoisotopic (exact) mass is 496 g/mol. The number of hydrogen-bond acceptors (Lipinski definition) is 8. The molecule has 3 fully saturated rings. The van der Waals surface area contributed by atoms with Crippen LogP contribution in [0.5, 0.6) is 11.8 Å². The summed E-state index contributed by atoms with van der Waals surface area (Å²) in [6.45, 7) is 8.09. The van der Waals surface area contributed by atoms with E-state index < -0.39 is 11.6 Å². The van der Waals surface area contributed by atoms with E-state index in [4.69, 9.17) is 9.72 Å². The number of piperazine rings is 1. The number of nitrogens with zero attached hydrogens (tertiary/aromatic N) is 5. The summed E-state index contributed by atoms with van der Waals surface area (Å²) in [5.41, 5.74) is -0.255. The van der Waals surface area contributed by atoms with Crippen LogP contribution in [0.4, 0.5) is 14.6 Å². The highest BCUT2D eigenvalue weighted by Gasteiger charge is 2.45. The van der Waals surface area contributed by atoms with Gasteiger partial charge in [-0.05, 0) is 57.5 Å². The van der Waals surface area contributed by atoms with Gasteiger partial charge in [0.15, 0.2) is 11.5 Å². The number of halogens is 2. The highest BCUT2D eigenvalue weighted by molar-refractivity contribution is 5.90. The van der Waals surface area contributed by atoms with E-state index in [1.807, 2.05) is 0 Å². The maximum absolute atomic E-state index is 15.3. The lowest BCUT2D eigenvalue weighted by Crippen LogP contribution is -2.50. The lowest BCUT2D eigenvalue weighted by Gasteiger charge is -2.35. The first kappa shape index (κ1) is 23.3. The number of pyridine rings is 1. The van der Waals surface area contributed by atoms with E-state index in [2.05, 4.69) is 32.0 Å². The number of benzene rings is 1. The number of likely N-dealkylation sites (tertiary alicyclic amines) is 1. The third-order valence-corrected chi connectivity index (χ3v) is 7.57. The predicted octanol–water partition coefficient (Wildman–Crippen LogP) is 3.34. The summed E-state index contributed by atoms with van der Waals surface area (Å²) in [6, 6.07) is 5.41. The Kier molecular flexibility index (Phi) is 5.88. The van der Waals surface area contributed by atoms with Crippen molar-refractivity contribution in [2.75, 3.05) is 50.8 Å². The highest BCUT2D eigenvalue weighted by Crippen LogP contribution is 2.47. The molecule has 1 atom stereocenters. The summed E-state index contributed by atoms with van der Waals surface area (Å²) in [5.74, 6) is -1.35. The number of rotatable bonds is 7. The average molecular weight is 497 g/mol. The van der Waals surface area contributed by atoms with Gasteiger partial charge in [0, 0.05) is 37.6 Å². The summed E-state index contributed by atoms with van der Waals surface area (Å²) in [7, 11) is 0. The van der Waals surface area contributed by atoms with Gasteiger partial charge in [-0.15, -0.1) is 0 Å². The Bertz CT molecular complexity index is 1280. The second-order valence-electron chi connectivity index (χ2n) is 10.3. The van der Waals surface area contributed by atoms with Crippen molar-refractivity contribution in [3.05, 3.63) is 35.9 Å². The molecule has 1 aliphatic carbocycles. The zero-order valence-electron chi connectivity index (χ0n) is 20.3. The smallest absolute Gasteiger partial charge is 0.320 e. The third-order valence-electron chi connectivity index (χ3n) is 7.57. The van der Waals surface area contributed by atoms with Crippen molar-refractivity contribution in [2.24, 2.45) is 5.41 Å². The standard InChI is InChI=1S/C26H30F2N6O2/c1-16-13-29-8-11-34(16)24-17-12-19(28)22(21-18(27)4-2-5-20(21)35)30-23(17)31-25(32-24)36-15-26(6-7-26)14-33-9-3-10-33/h2,4-5,12,16,29,35H,3,6-11,13-15H2,1H3/t16-/m1/s1. The van der Waals surface area contributed by atoms with Gasteiger partial charge in [0.2, 0.25) is 0 Å². The number of aromatic nitrogens is 3. The largest absolute Gasteiger partial charge is 0.507 e. The van der Waals surface area contributed by atoms with Gasteiger partial charge in [-0.2, -0.15) is 9.97 Å². The molecule has 2 saturated heterocycles.